The van der Waals surface area contributed by atoms with E-state index in [0.717, 1.165) is 89.9 Å². The highest BCUT2D eigenvalue weighted by molar-refractivity contribution is 4.94. The molecule has 0 saturated carbocycles. The van der Waals surface area contributed by atoms with Gasteiger partial charge in [-0.3, -0.25) is 0 Å². The van der Waals surface area contributed by atoms with E-state index in [1.807, 2.05) is 6.92 Å². The van der Waals surface area contributed by atoms with Crippen molar-refractivity contribution in [3.05, 3.63) is 0 Å². The maximum absolute atomic E-state index is 13.6. The molecule has 0 aliphatic heterocycles. The Morgan fingerprint density at radius 1 is 0.173 bits per heavy atom. The number of hydrogen-bond donors (Lipinski definition) is 6. The fourth-order valence-electron chi connectivity index (χ4n) is 16.9. The lowest BCUT2D eigenvalue weighted by Crippen LogP contribution is -2.51. The first-order valence-electron chi connectivity index (χ1n) is 46.0. The summed E-state index contributed by atoms with van der Waals surface area (Å²) in [4.78, 5) is 0. The van der Waals surface area contributed by atoms with Crippen LogP contribution in [0, 0.1) is 41.4 Å². The van der Waals surface area contributed by atoms with Crippen LogP contribution in [0.1, 0.15) is 512 Å². The number of rotatable bonds is 82. The Morgan fingerprint density at radius 2 is 0.357 bits per heavy atom. The molecule has 0 saturated heterocycles. The summed E-state index contributed by atoms with van der Waals surface area (Å²) in [5, 5.41) is 77.6. The highest BCUT2D eigenvalue weighted by Crippen LogP contribution is 2.40. The van der Waals surface area contributed by atoms with Crippen molar-refractivity contribution >= 4 is 0 Å². The molecule has 0 aromatic heterocycles. The van der Waals surface area contributed by atoms with Gasteiger partial charge in [0.25, 0.3) is 0 Å². The largest absolute Gasteiger partial charge is 0.393 e. The standard InChI is InChI=1S/C92H186O6/c1-10-16-21-26-31-36-41-46-48-53-58-63-68-73-80(7)78-79-87(93)83(74-69-64-59-54-49-43-38-33-28-23-18-12-3)90(96)85(76-71-66-61-57-52-47-42-37-32-27-22-17-11-2)92(98)86(77-72-67-62-56-51-45-40-35-30-25-20-14-5)91(97)84(89(95)82(9)88(94)81(8)15-6)75-70-65-60-55-50-44-39-34-29-24-19-13-4/h80-98H,10-79H2,1-9H3. The average Bonchev–Trinajstić information content (AvgIpc) is 0.816. The number of hydrogen-bond acceptors (Lipinski definition) is 6. The lowest BCUT2D eigenvalue weighted by Gasteiger charge is -2.43. The first-order chi connectivity index (χ1) is 47.9. The van der Waals surface area contributed by atoms with Crippen LogP contribution >= 0.6 is 0 Å². The van der Waals surface area contributed by atoms with Gasteiger partial charge in [-0.25, -0.2) is 0 Å². The first-order valence-corrected chi connectivity index (χ1v) is 46.0. The molecule has 0 aliphatic carbocycles. The molecule has 98 heavy (non-hydrogen) atoms. The van der Waals surface area contributed by atoms with Gasteiger partial charge in [0.15, 0.2) is 0 Å². The molecule has 6 N–H and O–H groups in total. The number of aliphatic hydroxyl groups excluding tert-OH is 6. The summed E-state index contributed by atoms with van der Waals surface area (Å²) in [5.74, 6) is -1.78. The minimum atomic E-state index is -0.987. The van der Waals surface area contributed by atoms with Gasteiger partial charge in [0, 0.05) is 29.6 Å². The average molecular weight is 1390 g/mol. The third kappa shape index (κ3) is 57.1. The lowest BCUT2D eigenvalue weighted by atomic mass is 9.69. The predicted molar refractivity (Wildman–Crippen MR) is 435 cm³/mol. The topological polar surface area (TPSA) is 121 Å². The maximum Gasteiger partial charge on any atom is 0.0646 e. The minimum Gasteiger partial charge on any atom is -0.393 e. The van der Waals surface area contributed by atoms with Gasteiger partial charge in [-0.05, 0) is 50.4 Å². The second-order valence-electron chi connectivity index (χ2n) is 33.7. The lowest BCUT2D eigenvalue weighted by molar-refractivity contribution is -0.126. The smallest absolute Gasteiger partial charge is 0.0646 e. The third-order valence-electron chi connectivity index (χ3n) is 24.4. The van der Waals surface area contributed by atoms with Crippen LogP contribution in [0.3, 0.4) is 0 Å². The van der Waals surface area contributed by atoms with Gasteiger partial charge in [-0.15, -0.1) is 0 Å². The molecule has 0 radical (unpaired) electrons. The molecule has 590 valence electrons. The van der Waals surface area contributed by atoms with Crippen LogP contribution in [-0.4, -0.2) is 67.3 Å². The summed E-state index contributed by atoms with van der Waals surface area (Å²) in [6.45, 7) is 20.0. The van der Waals surface area contributed by atoms with E-state index in [0.29, 0.717) is 31.6 Å². The molecule has 0 bridgehead atoms. The molecule has 0 amide bonds. The van der Waals surface area contributed by atoms with E-state index < -0.39 is 60.3 Å². The molecule has 13 unspecified atom stereocenters. The summed E-state index contributed by atoms with van der Waals surface area (Å²) >= 11 is 0. The molecule has 0 rings (SSSR count). The Bertz CT molecular complexity index is 1510. The van der Waals surface area contributed by atoms with Crippen molar-refractivity contribution in [2.75, 3.05) is 0 Å². The van der Waals surface area contributed by atoms with Gasteiger partial charge in [-0.1, -0.05) is 473 Å². The van der Waals surface area contributed by atoms with Crippen LogP contribution in [0.5, 0.6) is 0 Å². The molecule has 6 nitrogen and oxygen atoms in total. The van der Waals surface area contributed by atoms with E-state index in [4.69, 9.17) is 0 Å². The predicted octanol–water partition coefficient (Wildman–Crippen LogP) is 29.0. The van der Waals surface area contributed by atoms with Gasteiger partial charge in [0.2, 0.25) is 0 Å². The van der Waals surface area contributed by atoms with Crippen molar-refractivity contribution in [2.45, 2.75) is 548 Å². The first kappa shape index (κ1) is 97.8. The van der Waals surface area contributed by atoms with Crippen molar-refractivity contribution < 1.29 is 30.6 Å². The summed E-state index contributed by atoms with van der Waals surface area (Å²) in [6.07, 6.45) is 80.5. The van der Waals surface area contributed by atoms with E-state index in [2.05, 4.69) is 55.4 Å². The van der Waals surface area contributed by atoms with Crippen LogP contribution in [0.4, 0.5) is 0 Å². The zero-order valence-corrected chi connectivity index (χ0v) is 68.7. The molecule has 13 atom stereocenters. The quantitative estimate of drug-likeness (QED) is 0.0338. The van der Waals surface area contributed by atoms with Crippen molar-refractivity contribution in [1.29, 1.82) is 0 Å². The molecule has 0 fully saturated rings. The Hall–Kier alpha value is -0.240. The Balaban J connectivity index is 7.08. The molecule has 0 spiro atoms. The minimum absolute atomic E-state index is 0.0158. The molecule has 0 heterocycles. The van der Waals surface area contributed by atoms with E-state index >= 15 is 0 Å². The fraction of sp³-hybridized carbons (Fsp3) is 1.00. The van der Waals surface area contributed by atoms with Crippen molar-refractivity contribution in [3.8, 4) is 0 Å². The van der Waals surface area contributed by atoms with Crippen molar-refractivity contribution in [3.63, 3.8) is 0 Å². The SMILES string of the molecule is CCCCCCCCCCCCCCCC(C)CCC(O)C(CCCCCCCCCCCCCC)C(O)C(CCCCCCCCCCCCCCC)C(O)C(CCCCCCCCCCCCCC)C(O)C(CCCCCCCCCCCCCC)C(O)C(C)C(O)C(C)CC. The molecule has 0 aromatic rings. The molecule has 6 heteroatoms. The van der Waals surface area contributed by atoms with Gasteiger partial charge in [0.05, 0.1) is 36.6 Å². The summed E-state index contributed by atoms with van der Waals surface area (Å²) in [5.41, 5.74) is 0. The van der Waals surface area contributed by atoms with E-state index in [1.165, 1.54) is 334 Å². The van der Waals surface area contributed by atoms with Crippen LogP contribution in [0.25, 0.3) is 0 Å². The normalized spacial score (nSPS) is 16.2. The van der Waals surface area contributed by atoms with Gasteiger partial charge in [-0.2, -0.15) is 0 Å². The number of aliphatic hydroxyl groups is 6. The van der Waals surface area contributed by atoms with Crippen molar-refractivity contribution in [1.82, 2.24) is 0 Å². The third-order valence-corrected chi connectivity index (χ3v) is 24.4. The molecular formula is C92H186O6. The van der Waals surface area contributed by atoms with E-state index in [9.17, 15) is 30.6 Å². The maximum atomic E-state index is 13.6. The Labute approximate surface area is 617 Å². The summed E-state index contributed by atoms with van der Waals surface area (Å²) in [7, 11) is 0. The fourth-order valence-corrected chi connectivity index (χ4v) is 16.9. The monoisotopic (exact) mass is 1390 g/mol. The molecule has 0 aliphatic rings. The second kappa shape index (κ2) is 75.0. The zero-order chi connectivity index (χ0) is 72.0. The summed E-state index contributed by atoms with van der Waals surface area (Å²) < 4.78 is 0. The van der Waals surface area contributed by atoms with Crippen LogP contribution in [-0.2, 0) is 0 Å². The highest BCUT2D eigenvalue weighted by Gasteiger charge is 2.45. The van der Waals surface area contributed by atoms with E-state index in [1.54, 1.807) is 0 Å². The van der Waals surface area contributed by atoms with Crippen LogP contribution in [0.15, 0.2) is 0 Å². The highest BCUT2D eigenvalue weighted by atomic mass is 16.3. The van der Waals surface area contributed by atoms with E-state index in [-0.39, 0.29) is 11.8 Å². The van der Waals surface area contributed by atoms with Gasteiger partial charge < -0.3 is 30.6 Å². The number of unbranched alkanes of at least 4 members (excludes halogenated alkanes) is 57. The van der Waals surface area contributed by atoms with Crippen LogP contribution < -0.4 is 0 Å². The Kier molecular flexibility index (Phi) is 74.8. The zero-order valence-electron chi connectivity index (χ0n) is 68.7. The van der Waals surface area contributed by atoms with Crippen LogP contribution in [0.2, 0.25) is 0 Å². The molecular weight excluding hydrogens is 1200 g/mol. The van der Waals surface area contributed by atoms with Gasteiger partial charge >= 0.3 is 0 Å². The van der Waals surface area contributed by atoms with Crippen molar-refractivity contribution in [2.24, 2.45) is 41.4 Å². The Morgan fingerprint density at radius 3 is 0.582 bits per heavy atom. The van der Waals surface area contributed by atoms with Gasteiger partial charge in [0.1, 0.15) is 0 Å². The molecule has 0 aromatic carbocycles. The second-order valence-corrected chi connectivity index (χ2v) is 33.7. The summed E-state index contributed by atoms with van der Waals surface area (Å²) in [6, 6.07) is 0.